The third kappa shape index (κ3) is 5.16. The molecule has 11 nitrogen and oxygen atoms in total. The molecule has 4 N–H and O–H groups in total. The number of aromatic nitrogens is 4. The zero-order valence-corrected chi connectivity index (χ0v) is 21.4. The fourth-order valence-electron chi connectivity index (χ4n) is 4.29. The van der Waals surface area contributed by atoms with Crippen LogP contribution in [0.15, 0.2) is 41.2 Å². The lowest BCUT2D eigenvalue weighted by atomic mass is 10.2. The number of anilines is 5. The fraction of sp³-hybridized carbons (Fsp3) is 0.280. The maximum absolute atomic E-state index is 12.8. The topological polar surface area (TPSA) is 144 Å². The summed E-state index contributed by atoms with van der Waals surface area (Å²) in [6.45, 7) is 1.84. The number of benzene rings is 1. The molecule has 0 aliphatic carbocycles. The van der Waals surface area contributed by atoms with Crippen LogP contribution in [0.4, 0.5) is 28.7 Å². The van der Waals surface area contributed by atoms with Crippen LogP contribution < -0.4 is 25.8 Å². The maximum Gasteiger partial charge on any atom is 0.277 e. The fourth-order valence-corrected chi connectivity index (χ4v) is 4.54. The molecule has 0 saturated carbocycles. The first-order valence-corrected chi connectivity index (χ1v) is 11.9. The SMILES string of the molecule is CO.COc1c(Cl)cccc1Nc1cc(Nc2ccc(N3CCCC3)c(C#N)n2)nc2[nH]n(C)c(=O)c12. The number of rotatable bonds is 6. The summed E-state index contributed by atoms with van der Waals surface area (Å²) in [6.07, 6.45) is 2.22. The normalized spacial score (nSPS) is 12.6. The van der Waals surface area contributed by atoms with Gasteiger partial charge in [-0.25, -0.2) is 9.97 Å². The maximum atomic E-state index is 12.8. The second-order valence-electron chi connectivity index (χ2n) is 8.20. The van der Waals surface area contributed by atoms with Gasteiger partial charge in [0, 0.05) is 33.3 Å². The highest BCUT2D eigenvalue weighted by Gasteiger charge is 2.19. The summed E-state index contributed by atoms with van der Waals surface area (Å²) in [5, 5.41) is 26.9. The molecule has 1 saturated heterocycles. The van der Waals surface area contributed by atoms with Crippen LogP contribution in [-0.2, 0) is 7.05 Å². The van der Waals surface area contributed by atoms with E-state index in [2.05, 4.69) is 36.7 Å². The molecule has 192 valence electrons. The van der Waals surface area contributed by atoms with Crippen molar-refractivity contribution in [1.29, 1.82) is 5.26 Å². The third-order valence-corrected chi connectivity index (χ3v) is 6.23. The minimum absolute atomic E-state index is 0.234. The number of nitrogens with zero attached hydrogens (tertiary/aromatic N) is 5. The number of ether oxygens (including phenoxy) is 1. The molecule has 1 aliphatic rings. The van der Waals surface area contributed by atoms with Crippen LogP contribution in [0.5, 0.6) is 5.75 Å². The number of hydrogen-bond donors (Lipinski definition) is 4. The van der Waals surface area contributed by atoms with Crippen LogP contribution in [0.2, 0.25) is 5.02 Å². The molecular formula is C25H27ClN8O3. The van der Waals surface area contributed by atoms with Crippen molar-refractivity contribution >= 4 is 51.3 Å². The van der Waals surface area contributed by atoms with Crippen molar-refractivity contribution in [3.05, 3.63) is 57.5 Å². The Morgan fingerprint density at radius 2 is 1.86 bits per heavy atom. The standard InChI is InChI=1S/C24H23ClN8O2.CH4O/c1-32-24(34)21-16(27-15-7-5-6-14(25)22(15)35-2)12-20(30-23(21)31-32)29-19-9-8-18(17(13-26)28-19)33-10-3-4-11-33;1-2/h5-9,12H,3-4,10-11H2,1-2H3,(H3,27,28,29,30,31);2H,1H3. The Balaban J connectivity index is 0.00000156. The van der Waals surface area contributed by atoms with E-state index < -0.39 is 0 Å². The van der Waals surface area contributed by atoms with Gasteiger partial charge in [0.2, 0.25) is 0 Å². The number of H-pyrrole nitrogens is 1. The average molecular weight is 523 g/mol. The van der Waals surface area contributed by atoms with E-state index >= 15 is 0 Å². The van der Waals surface area contributed by atoms with E-state index in [9.17, 15) is 10.1 Å². The monoisotopic (exact) mass is 522 g/mol. The molecule has 0 amide bonds. The number of methoxy groups -OCH3 is 1. The Bertz CT molecular complexity index is 1520. The molecule has 4 heterocycles. The zero-order valence-electron chi connectivity index (χ0n) is 20.7. The third-order valence-electron chi connectivity index (χ3n) is 5.93. The van der Waals surface area contributed by atoms with E-state index in [1.807, 2.05) is 12.1 Å². The number of nitrogens with one attached hydrogen (secondary N) is 3. The van der Waals surface area contributed by atoms with Crippen molar-refractivity contribution in [2.75, 3.05) is 42.8 Å². The van der Waals surface area contributed by atoms with Gasteiger partial charge in [0.05, 0.1) is 29.2 Å². The summed E-state index contributed by atoms with van der Waals surface area (Å²) in [4.78, 5) is 24.0. The van der Waals surface area contributed by atoms with E-state index in [1.54, 1.807) is 31.3 Å². The number of aryl methyl sites for hydroxylation is 1. The molecule has 3 aromatic heterocycles. The van der Waals surface area contributed by atoms with Crippen molar-refractivity contribution in [2.24, 2.45) is 7.05 Å². The molecule has 0 spiro atoms. The Labute approximate surface area is 218 Å². The lowest BCUT2D eigenvalue weighted by Gasteiger charge is -2.19. The number of nitriles is 1. The molecule has 1 aromatic carbocycles. The number of aliphatic hydroxyl groups excluding tert-OH is 1. The average Bonchev–Trinajstić information content (AvgIpc) is 3.53. The predicted molar refractivity (Wildman–Crippen MR) is 144 cm³/mol. The van der Waals surface area contributed by atoms with Gasteiger partial charge in [0.1, 0.15) is 23.1 Å². The zero-order chi connectivity index (χ0) is 26.5. The summed E-state index contributed by atoms with van der Waals surface area (Å²) >= 11 is 6.28. The first-order chi connectivity index (χ1) is 18.0. The molecule has 1 fully saturated rings. The lowest BCUT2D eigenvalue weighted by molar-refractivity contribution is 0.399. The van der Waals surface area contributed by atoms with Gasteiger partial charge in [0.15, 0.2) is 17.1 Å². The van der Waals surface area contributed by atoms with Gasteiger partial charge >= 0.3 is 0 Å². The molecule has 0 radical (unpaired) electrons. The quantitative estimate of drug-likeness (QED) is 0.296. The smallest absolute Gasteiger partial charge is 0.277 e. The largest absolute Gasteiger partial charge is 0.493 e. The van der Waals surface area contributed by atoms with Crippen LogP contribution in [0.3, 0.4) is 0 Å². The van der Waals surface area contributed by atoms with Gasteiger partial charge in [0.25, 0.3) is 5.56 Å². The molecule has 1 aliphatic heterocycles. The van der Waals surface area contributed by atoms with Gasteiger partial charge in [-0.15, -0.1) is 0 Å². The first-order valence-electron chi connectivity index (χ1n) is 11.6. The van der Waals surface area contributed by atoms with Gasteiger partial charge in [-0.2, -0.15) is 5.26 Å². The minimum atomic E-state index is -0.234. The molecule has 37 heavy (non-hydrogen) atoms. The van der Waals surface area contributed by atoms with E-state index in [0.29, 0.717) is 50.5 Å². The van der Waals surface area contributed by atoms with Crippen LogP contribution in [0.25, 0.3) is 11.0 Å². The summed E-state index contributed by atoms with van der Waals surface area (Å²) in [5.74, 6) is 1.37. The predicted octanol–water partition coefficient (Wildman–Crippen LogP) is 3.89. The Kier molecular flexibility index (Phi) is 7.81. The number of halogens is 1. The molecule has 0 bridgehead atoms. The van der Waals surface area contributed by atoms with E-state index in [-0.39, 0.29) is 5.56 Å². The number of fused-ring (bicyclic) bond motifs is 1. The summed E-state index contributed by atoms with van der Waals surface area (Å²) < 4.78 is 6.80. The highest BCUT2D eigenvalue weighted by molar-refractivity contribution is 6.32. The summed E-state index contributed by atoms with van der Waals surface area (Å²) in [5.41, 5.74) is 2.45. The molecule has 12 heteroatoms. The highest BCUT2D eigenvalue weighted by Crippen LogP contribution is 2.36. The molecule has 0 atom stereocenters. The van der Waals surface area contributed by atoms with Crippen molar-refractivity contribution in [3.63, 3.8) is 0 Å². The van der Waals surface area contributed by atoms with E-state index in [1.165, 1.54) is 11.8 Å². The lowest BCUT2D eigenvalue weighted by Crippen LogP contribution is -2.19. The Morgan fingerprint density at radius 1 is 1.11 bits per heavy atom. The second-order valence-corrected chi connectivity index (χ2v) is 8.60. The molecular weight excluding hydrogens is 496 g/mol. The van der Waals surface area contributed by atoms with Crippen molar-refractivity contribution in [3.8, 4) is 11.8 Å². The summed E-state index contributed by atoms with van der Waals surface area (Å²) in [6, 6.07) is 12.9. The van der Waals surface area contributed by atoms with Gasteiger partial charge < -0.3 is 25.4 Å². The number of hydrogen-bond acceptors (Lipinski definition) is 9. The molecule has 5 rings (SSSR count). The van der Waals surface area contributed by atoms with Crippen LogP contribution >= 0.6 is 11.6 Å². The van der Waals surface area contributed by atoms with E-state index in [0.717, 1.165) is 38.7 Å². The molecule has 0 unspecified atom stereocenters. The Hall–Kier alpha value is -4.27. The number of aromatic amines is 1. The number of pyridine rings is 2. The second kappa shape index (κ2) is 11.2. The van der Waals surface area contributed by atoms with Crippen LogP contribution in [0, 0.1) is 11.3 Å². The molecule has 4 aromatic rings. The minimum Gasteiger partial charge on any atom is -0.493 e. The van der Waals surface area contributed by atoms with Crippen molar-refractivity contribution in [2.45, 2.75) is 12.8 Å². The van der Waals surface area contributed by atoms with Gasteiger partial charge in [-0.3, -0.25) is 14.6 Å². The van der Waals surface area contributed by atoms with Crippen molar-refractivity contribution < 1.29 is 9.84 Å². The number of para-hydroxylation sites is 1. The van der Waals surface area contributed by atoms with Gasteiger partial charge in [-0.1, -0.05) is 17.7 Å². The number of aliphatic hydroxyl groups is 1. The van der Waals surface area contributed by atoms with Crippen LogP contribution in [-0.4, -0.2) is 52.2 Å². The van der Waals surface area contributed by atoms with Crippen molar-refractivity contribution in [1.82, 2.24) is 19.7 Å². The van der Waals surface area contributed by atoms with E-state index in [4.69, 9.17) is 21.4 Å². The van der Waals surface area contributed by atoms with Gasteiger partial charge in [-0.05, 0) is 37.1 Å². The summed E-state index contributed by atoms with van der Waals surface area (Å²) in [7, 11) is 4.15. The highest BCUT2D eigenvalue weighted by atomic mass is 35.5. The van der Waals surface area contributed by atoms with Crippen LogP contribution in [0.1, 0.15) is 18.5 Å². The Morgan fingerprint density at radius 3 is 2.57 bits per heavy atom. The first kappa shape index (κ1) is 25.8.